The summed E-state index contributed by atoms with van der Waals surface area (Å²) < 4.78 is 15.4. The Bertz CT molecular complexity index is 859. The molecule has 1 amide bonds. The predicted molar refractivity (Wildman–Crippen MR) is 126 cm³/mol. The maximum absolute atomic E-state index is 13.0. The van der Waals surface area contributed by atoms with Gasteiger partial charge in [0.2, 0.25) is 5.91 Å². The van der Waals surface area contributed by atoms with Gasteiger partial charge in [-0.2, -0.15) is 0 Å². The third-order valence-corrected chi connectivity index (χ3v) is 4.74. The third-order valence-electron chi connectivity index (χ3n) is 4.74. The van der Waals surface area contributed by atoms with Gasteiger partial charge in [0.25, 0.3) is 0 Å². The van der Waals surface area contributed by atoms with Crippen LogP contribution in [0.25, 0.3) is 10.4 Å². The van der Waals surface area contributed by atoms with E-state index in [9.17, 15) is 19.2 Å². The van der Waals surface area contributed by atoms with Crippen LogP contribution in [0, 0.1) is 5.92 Å². The minimum Gasteiger partial charge on any atom is -0.465 e. The zero-order valence-corrected chi connectivity index (χ0v) is 20.1. The molecule has 0 saturated heterocycles. The Morgan fingerprint density at radius 2 is 1.74 bits per heavy atom. The van der Waals surface area contributed by atoms with Gasteiger partial charge in [0, 0.05) is 24.4 Å². The smallest absolute Gasteiger partial charge is 0.324 e. The number of amides is 1. The maximum atomic E-state index is 13.0. The molecule has 0 radical (unpaired) electrons. The molecular weight excluding hydrogens is 458 g/mol. The topological polar surface area (TPSA) is 169 Å². The Hall–Kier alpha value is -3.63. The molecule has 1 aromatic rings. The van der Waals surface area contributed by atoms with Crippen LogP contribution in [0.5, 0.6) is 0 Å². The number of ether oxygens (including phenoxy) is 3. The SMILES string of the molecule is CCOC(=O)CNC(C(=O)OCC)C(CCC(=O)NCCCN=[N+]=[N-])C(=O)OCc1ccccc1. The molecule has 0 fully saturated rings. The Kier molecular flexibility index (Phi) is 14.9. The molecule has 2 unspecified atom stereocenters. The lowest BCUT2D eigenvalue weighted by Crippen LogP contribution is -2.49. The van der Waals surface area contributed by atoms with Crippen LogP contribution < -0.4 is 10.6 Å². The molecule has 0 aromatic heterocycles. The molecule has 0 saturated carbocycles. The van der Waals surface area contributed by atoms with Crippen LogP contribution in [0.4, 0.5) is 0 Å². The van der Waals surface area contributed by atoms with Gasteiger partial charge in [-0.15, -0.1) is 0 Å². The molecule has 12 heteroatoms. The fraction of sp³-hybridized carbons (Fsp3) is 0.565. The van der Waals surface area contributed by atoms with Crippen molar-refractivity contribution in [1.82, 2.24) is 10.6 Å². The molecule has 1 rings (SSSR count). The van der Waals surface area contributed by atoms with Crippen molar-refractivity contribution in [3.63, 3.8) is 0 Å². The van der Waals surface area contributed by atoms with Crippen LogP contribution in [0.2, 0.25) is 0 Å². The summed E-state index contributed by atoms with van der Waals surface area (Å²) in [7, 11) is 0. The van der Waals surface area contributed by atoms with Gasteiger partial charge >= 0.3 is 17.9 Å². The summed E-state index contributed by atoms with van der Waals surface area (Å²) in [6.07, 6.45) is 0.351. The first-order chi connectivity index (χ1) is 16.9. The second kappa shape index (κ2) is 17.8. The number of nitrogens with zero attached hydrogens (tertiary/aromatic N) is 3. The molecule has 2 N–H and O–H groups in total. The van der Waals surface area contributed by atoms with Crippen molar-refractivity contribution in [2.24, 2.45) is 11.0 Å². The standard InChI is InChI=1S/C23H33N5O7/c1-3-33-20(30)15-26-21(23(32)34-4-2)18(11-12-19(29)25-13-8-14-27-28-24)22(31)35-16-17-9-6-5-7-10-17/h5-7,9-10,18,21,26H,3-4,8,11-16H2,1-2H3,(H,25,29). The lowest BCUT2D eigenvalue weighted by atomic mass is 9.94. The van der Waals surface area contributed by atoms with Crippen LogP contribution in [-0.2, 0) is 40.0 Å². The van der Waals surface area contributed by atoms with Gasteiger partial charge in [-0.05, 0) is 37.8 Å². The third kappa shape index (κ3) is 12.4. The van der Waals surface area contributed by atoms with Crippen molar-refractivity contribution in [2.75, 3.05) is 32.8 Å². The molecule has 0 heterocycles. The van der Waals surface area contributed by atoms with Gasteiger partial charge in [-0.3, -0.25) is 24.5 Å². The van der Waals surface area contributed by atoms with Gasteiger partial charge in [0.15, 0.2) is 0 Å². The van der Waals surface area contributed by atoms with E-state index in [0.717, 1.165) is 5.56 Å². The molecule has 0 aliphatic heterocycles. The first-order valence-electron chi connectivity index (χ1n) is 11.5. The number of azide groups is 1. The van der Waals surface area contributed by atoms with E-state index in [-0.39, 0.29) is 51.7 Å². The van der Waals surface area contributed by atoms with Crippen molar-refractivity contribution in [1.29, 1.82) is 0 Å². The number of esters is 3. The van der Waals surface area contributed by atoms with Crippen LogP contribution in [-0.4, -0.2) is 62.7 Å². The van der Waals surface area contributed by atoms with E-state index in [4.69, 9.17) is 19.7 Å². The van der Waals surface area contributed by atoms with Crippen molar-refractivity contribution < 1.29 is 33.4 Å². The fourth-order valence-corrected chi connectivity index (χ4v) is 3.08. The molecule has 0 aliphatic carbocycles. The predicted octanol–water partition coefficient (Wildman–Crippen LogP) is 2.03. The lowest BCUT2D eigenvalue weighted by Gasteiger charge is -2.25. The van der Waals surface area contributed by atoms with E-state index in [1.807, 2.05) is 6.07 Å². The van der Waals surface area contributed by atoms with Crippen LogP contribution in [0.3, 0.4) is 0 Å². The fourth-order valence-electron chi connectivity index (χ4n) is 3.08. The quantitative estimate of drug-likeness (QED) is 0.0833. The minimum absolute atomic E-state index is 0.0186. The number of benzene rings is 1. The molecule has 12 nitrogen and oxygen atoms in total. The van der Waals surface area contributed by atoms with Gasteiger partial charge in [-0.25, -0.2) is 0 Å². The molecule has 0 bridgehead atoms. The summed E-state index contributed by atoms with van der Waals surface area (Å²) in [6, 6.07) is 7.78. The van der Waals surface area contributed by atoms with Crippen molar-refractivity contribution in [3.8, 4) is 0 Å². The zero-order valence-electron chi connectivity index (χ0n) is 20.1. The van der Waals surface area contributed by atoms with E-state index in [0.29, 0.717) is 13.0 Å². The van der Waals surface area contributed by atoms with E-state index in [2.05, 4.69) is 20.7 Å². The highest BCUT2D eigenvalue weighted by molar-refractivity contribution is 5.86. The van der Waals surface area contributed by atoms with Gasteiger partial charge in [0.05, 0.1) is 25.7 Å². The van der Waals surface area contributed by atoms with Crippen LogP contribution >= 0.6 is 0 Å². The van der Waals surface area contributed by atoms with E-state index >= 15 is 0 Å². The van der Waals surface area contributed by atoms with Crippen LogP contribution in [0.1, 0.15) is 38.7 Å². The number of nitrogens with one attached hydrogen (secondary N) is 2. The van der Waals surface area contributed by atoms with Crippen molar-refractivity contribution >= 4 is 23.8 Å². The summed E-state index contributed by atoms with van der Waals surface area (Å²) in [4.78, 5) is 52.4. The van der Waals surface area contributed by atoms with E-state index in [1.54, 1.807) is 38.1 Å². The number of rotatable bonds is 17. The average Bonchev–Trinajstić information content (AvgIpc) is 2.85. The summed E-state index contributed by atoms with van der Waals surface area (Å²) >= 11 is 0. The highest BCUT2D eigenvalue weighted by Crippen LogP contribution is 2.17. The maximum Gasteiger partial charge on any atom is 0.324 e. The zero-order chi connectivity index (χ0) is 25.9. The van der Waals surface area contributed by atoms with Gasteiger partial charge in [0.1, 0.15) is 12.6 Å². The first kappa shape index (κ1) is 29.4. The number of carbonyl (C=O) groups excluding carboxylic acids is 4. The van der Waals surface area contributed by atoms with Crippen molar-refractivity contribution in [3.05, 3.63) is 46.3 Å². The highest BCUT2D eigenvalue weighted by atomic mass is 16.5. The van der Waals surface area contributed by atoms with Gasteiger partial charge in [-0.1, -0.05) is 35.4 Å². The van der Waals surface area contributed by atoms with Crippen molar-refractivity contribution in [2.45, 2.75) is 45.8 Å². The largest absolute Gasteiger partial charge is 0.465 e. The molecule has 0 spiro atoms. The molecule has 0 aliphatic rings. The molecule has 35 heavy (non-hydrogen) atoms. The Morgan fingerprint density at radius 1 is 1.03 bits per heavy atom. The second-order valence-electron chi connectivity index (χ2n) is 7.31. The van der Waals surface area contributed by atoms with E-state index < -0.39 is 29.9 Å². The minimum atomic E-state index is -1.22. The highest BCUT2D eigenvalue weighted by Gasteiger charge is 2.36. The van der Waals surface area contributed by atoms with E-state index in [1.165, 1.54) is 0 Å². The number of carbonyl (C=O) groups is 4. The second-order valence-corrected chi connectivity index (χ2v) is 7.31. The Balaban J connectivity index is 2.92. The summed E-state index contributed by atoms with van der Waals surface area (Å²) in [6.45, 7) is 3.68. The first-order valence-corrected chi connectivity index (χ1v) is 11.5. The molecule has 1 aromatic carbocycles. The van der Waals surface area contributed by atoms with Gasteiger partial charge < -0.3 is 19.5 Å². The molecule has 192 valence electrons. The number of hydrogen-bond acceptors (Lipinski definition) is 9. The Morgan fingerprint density at radius 3 is 2.40 bits per heavy atom. The molecular formula is C23H33N5O7. The number of hydrogen-bond donors (Lipinski definition) is 2. The normalized spacial score (nSPS) is 11.9. The molecule has 2 atom stereocenters. The van der Waals surface area contributed by atoms with Crippen LogP contribution in [0.15, 0.2) is 35.4 Å². The summed E-state index contributed by atoms with van der Waals surface area (Å²) in [5, 5.41) is 8.79. The average molecular weight is 492 g/mol. The summed E-state index contributed by atoms with van der Waals surface area (Å²) in [5.74, 6) is -3.50. The monoisotopic (exact) mass is 491 g/mol. The lowest BCUT2D eigenvalue weighted by molar-refractivity contribution is -0.159. The summed E-state index contributed by atoms with van der Waals surface area (Å²) in [5.41, 5.74) is 9.04. The Labute approximate surface area is 204 Å².